The molecule has 0 atom stereocenters. The van der Waals surface area contributed by atoms with Crippen molar-refractivity contribution in [1.29, 1.82) is 0 Å². The van der Waals surface area contributed by atoms with E-state index in [9.17, 15) is 13.0 Å². The molecule has 0 N–H and O–H groups in total. The molecule has 6 heteroatoms. The number of hydrogen-bond donors (Lipinski definition) is 0. The molecule has 1 aromatic rings. The number of hydrogen-bond acceptors (Lipinski definition) is 4. The standard InChI is InChI=1S/C11H12O4S.Na/c12-16(13,14)8-9-2-1-3-10(6-9)11-4-5-15-7-11;/h1-4,6H,5,7-8H2,(H,12,13,14);/q;+1/p-1. The van der Waals surface area contributed by atoms with Crippen LogP contribution in [0.4, 0.5) is 0 Å². The molecular weight excluding hydrogens is 251 g/mol. The van der Waals surface area contributed by atoms with E-state index in [1.54, 1.807) is 18.2 Å². The molecule has 0 aromatic heterocycles. The van der Waals surface area contributed by atoms with Crippen molar-refractivity contribution < 1.29 is 47.3 Å². The van der Waals surface area contributed by atoms with Gasteiger partial charge in [-0.15, -0.1) is 0 Å². The van der Waals surface area contributed by atoms with Crippen molar-refractivity contribution in [3.05, 3.63) is 41.5 Å². The summed E-state index contributed by atoms with van der Waals surface area (Å²) in [6.45, 7) is 1.12. The van der Waals surface area contributed by atoms with E-state index in [1.165, 1.54) is 0 Å². The molecule has 1 aromatic carbocycles. The van der Waals surface area contributed by atoms with Gasteiger partial charge in [0.25, 0.3) is 0 Å². The molecule has 0 amide bonds. The topological polar surface area (TPSA) is 66.4 Å². The Kier molecular flexibility index (Phi) is 5.37. The van der Waals surface area contributed by atoms with Gasteiger partial charge in [-0.25, -0.2) is 8.42 Å². The van der Waals surface area contributed by atoms with Gasteiger partial charge in [0.05, 0.1) is 29.1 Å². The predicted octanol–water partition coefficient (Wildman–Crippen LogP) is -1.85. The van der Waals surface area contributed by atoms with Gasteiger partial charge in [0.1, 0.15) is 0 Å². The third-order valence-corrected chi connectivity index (χ3v) is 3.03. The maximum absolute atomic E-state index is 10.6. The Morgan fingerprint density at radius 2 is 2.12 bits per heavy atom. The molecule has 1 aliphatic rings. The summed E-state index contributed by atoms with van der Waals surface area (Å²) in [6.07, 6.45) is 1.95. The summed E-state index contributed by atoms with van der Waals surface area (Å²) < 4.78 is 37.1. The van der Waals surface area contributed by atoms with E-state index < -0.39 is 15.9 Å². The quantitative estimate of drug-likeness (QED) is 0.474. The maximum Gasteiger partial charge on any atom is 1.00 e. The van der Waals surface area contributed by atoms with Crippen LogP contribution in [-0.4, -0.2) is 26.2 Å². The molecule has 1 aliphatic heterocycles. The van der Waals surface area contributed by atoms with Crippen molar-refractivity contribution in [2.24, 2.45) is 0 Å². The Morgan fingerprint density at radius 1 is 1.35 bits per heavy atom. The van der Waals surface area contributed by atoms with Gasteiger partial charge in [0.2, 0.25) is 0 Å². The zero-order valence-electron chi connectivity index (χ0n) is 9.55. The molecule has 86 valence electrons. The molecule has 4 nitrogen and oxygen atoms in total. The average molecular weight is 262 g/mol. The zero-order valence-corrected chi connectivity index (χ0v) is 12.4. The molecule has 0 saturated heterocycles. The van der Waals surface area contributed by atoms with Crippen LogP contribution in [-0.2, 0) is 20.6 Å². The third kappa shape index (κ3) is 4.54. The third-order valence-electron chi connectivity index (χ3n) is 2.35. The van der Waals surface area contributed by atoms with Crippen LogP contribution in [0.2, 0.25) is 0 Å². The van der Waals surface area contributed by atoms with Crippen molar-refractivity contribution in [2.45, 2.75) is 5.75 Å². The fourth-order valence-electron chi connectivity index (χ4n) is 1.65. The predicted molar refractivity (Wildman–Crippen MR) is 58.6 cm³/mol. The van der Waals surface area contributed by atoms with Crippen LogP contribution in [0.1, 0.15) is 11.1 Å². The Hall–Kier alpha value is -0.170. The second-order valence-electron chi connectivity index (χ2n) is 3.65. The van der Waals surface area contributed by atoms with E-state index in [4.69, 9.17) is 4.74 Å². The van der Waals surface area contributed by atoms with Crippen LogP contribution < -0.4 is 29.6 Å². The summed E-state index contributed by atoms with van der Waals surface area (Å²) in [5.74, 6) is -0.463. The van der Waals surface area contributed by atoms with Crippen molar-refractivity contribution in [1.82, 2.24) is 0 Å². The first-order valence-corrected chi connectivity index (χ1v) is 6.42. The maximum atomic E-state index is 10.6. The number of rotatable bonds is 3. The second kappa shape index (κ2) is 6.13. The minimum absolute atomic E-state index is 0. The molecule has 0 saturated carbocycles. The summed E-state index contributed by atoms with van der Waals surface area (Å²) in [5, 5.41) is 0. The van der Waals surface area contributed by atoms with E-state index >= 15 is 0 Å². The zero-order chi connectivity index (χ0) is 11.6. The fourth-order valence-corrected chi connectivity index (χ4v) is 2.24. The van der Waals surface area contributed by atoms with Crippen molar-refractivity contribution >= 4 is 15.7 Å². The molecular formula is C11H11NaO4S. The van der Waals surface area contributed by atoms with Gasteiger partial charge in [-0.2, -0.15) is 0 Å². The molecule has 0 spiro atoms. The van der Waals surface area contributed by atoms with Gasteiger partial charge in [-0.1, -0.05) is 30.3 Å². The van der Waals surface area contributed by atoms with Crippen LogP contribution in [0.25, 0.3) is 5.57 Å². The van der Waals surface area contributed by atoms with E-state index in [2.05, 4.69) is 0 Å². The van der Waals surface area contributed by atoms with E-state index in [0.717, 1.165) is 11.1 Å². The van der Waals surface area contributed by atoms with Crippen molar-refractivity contribution in [2.75, 3.05) is 13.2 Å². The Morgan fingerprint density at radius 3 is 2.71 bits per heavy atom. The van der Waals surface area contributed by atoms with Crippen LogP contribution in [0, 0.1) is 0 Å². The van der Waals surface area contributed by atoms with E-state index in [0.29, 0.717) is 18.8 Å². The molecule has 17 heavy (non-hydrogen) atoms. The fraction of sp³-hybridized carbons (Fsp3) is 0.273. The van der Waals surface area contributed by atoms with E-state index in [-0.39, 0.29) is 29.6 Å². The first-order chi connectivity index (χ1) is 7.54. The molecule has 0 unspecified atom stereocenters. The van der Waals surface area contributed by atoms with Crippen LogP contribution in [0.15, 0.2) is 30.3 Å². The summed E-state index contributed by atoms with van der Waals surface area (Å²) in [4.78, 5) is 0. The Bertz CT molecular complexity index is 522. The molecule has 2 rings (SSSR count). The largest absolute Gasteiger partial charge is 1.00 e. The summed E-state index contributed by atoms with van der Waals surface area (Å²) >= 11 is 0. The van der Waals surface area contributed by atoms with Crippen LogP contribution in [0.3, 0.4) is 0 Å². The number of benzene rings is 1. The summed E-state index contributed by atoms with van der Waals surface area (Å²) in [7, 11) is -4.22. The summed E-state index contributed by atoms with van der Waals surface area (Å²) in [6, 6.07) is 6.97. The van der Waals surface area contributed by atoms with Gasteiger partial charge < -0.3 is 9.29 Å². The molecule has 0 radical (unpaired) electrons. The Balaban J connectivity index is 0.00000144. The van der Waals surface area contributed by atoms with E-state index in [1.807, 2.05) is 12.1 Å². The molecule has 0 bridgehead atoms. The van der Waals surface area contributed by atoms with Gasteiger partial charge in [-0.3, -0.25) is 0 Å². The minimum Gasteiger partial charge on any atom is -0.748 e. The first-order valence-electron chi connectivity index (χ1n) is 4.84. The van der Waals surface area contributed by atoms with Gasteiger partial charge in [-0.05, 0) is 16.7 Å². The monoisotopic (exact) mass is 262 g/mol. The van der Waals surface area contributed by atoms with Gasteiger partial charge in [0.15, 0.2) is 0 Å². The van der Waals surface area contributed by atoms with Crippen molar-refractivity contribution in [3.8, 4) is 0 Å². The number of ether oxygens (including phenoxy) is 1. The summed E-state index contributed by atoms with van der Waals surface area (Å²) in [5.41, 5.74) is 2.46. The van der Waals surface area contributed by atoms with Crippen LogP contribution in [0.5, 0.6) is 0 Å². The van der Waals surface area contributed by atoms with Gasteiger partial charge in [0, 0.05) is 0 Å². The average Bonchev–Trinajstić information content (AvgIpc) is 2.68. The van der Waals surface area contributed by atoms with Gasteiger partial charge >= 0.3 is 29.6 Å². The van der Waals surface area contributed by atoms with Crippen molar-refractivity contribution in [3.63, 3.8) is 0 Å². The first kappa shape index (κ1) is 14.9. The Labute approximate surface area is 123 Å². The normalized spacial score (nSPS) is 15.2. The van der Waals surface area contributed by atoms with Crippen LogP contribution >= 0.6 is 0 Å². The second-order valence-corrected chi connectivity index (χ2v) is 5.05. The molecule has 0 aliphatic carbocycles. The minimum atomic E-state index is -4.22. The molecule has 1 heterocycles. The smallest absolute Gasteiger partial charge is 0.748 e. The SMILES string of the molecule is O=S(=O)([O-])Cc1cccc(C2=CCOC2)c1.[Na+]. The molecule has 0 fully saturated rings.